The molecule has 0 fully saturated rings. The molecule has 6 nitrogen and oxygen atoms in total. The lowest BCUT2D eigenvalue weighted by Crippen LogP contribution is -2.40. The molecule has 2 rings (SSSR count). The van der Waals surface area contributed by atoms with Crippen molar-refractivity contribution in [2.45, 2.75) is 13.0 Å². The summed E-state index contributed by atoms with van der Waals surface area (Å²) in [5.74, 6) is 0.811. The van der Waals surface area contributed by atoms with E-state index in [0.717, 1.165) is 44.1 Å². The molecule has 144 valence electrons. The monoisotopic (exact) mass is 471 g/mol. The molecule has 0 aliphatic carbocycles. The number of hydrogen-bond acceptors (Lipinski definition) is 4. The number of methoxy groups -OCH3 is 1. The van der Waals surface area contributed by atoms with E-state index >= 15 is 0 Å². The van der Waals surface area contributed by atoms with Gasteiger partial charge in [0.05, 0.1) is 5.52 Å². The summed E-state index contributed by atoms with van der Waals surface area (Å²) in [6.07, 6.45) is 2.90. The zero-order valence-corrected chi connectivity index (χ0v) is 18.2. The third-order valence-corrected chi connectivity index (χ3v) is 4.08. The smallest absolute Gasteiger partial charge is 0.191 e. The van der Waals surface area contributed by atoms with E-state index < -0.39 is 0 Å². The summed E-state index contributed by atoms with van der Waals surface area (Å²) in [5, 5.41) is 7.91. The predicted molar refractivity (Wildman–Crippen MR) is 119 cm³/mol. The number of likely N-dealkylation sites (N-methyl/N-ethyl adjacent to an activating group) is 1. The van der Waals surface area contributed by atoms with Gasteiger partial charge in [-0.2, -0.15) is 0 Å². The molecule has 26 heavy (non-hydrogen) atoms. The molecule has 0 aliphatic heterocycles. The molecular formula is C19H30IN5O. The topological polar surface area (TPSA) is 61.8 Å². The number of guanidine groups is 1. The molecule has 1 heterocycles. The molecule has 0 aliphatic rings. The van der Waals surface area contributed by atoms with Crippen LogP contribution < -0.4 is 10.6 Å². The van der Waals surface area contributed by atoms with Crippen LogP contribution in [-0.2, 0) is 11.3 Å². The Morgan fingerprint density at radius 3 is 2.77 bits per heavy atom. The van der Waals surface area contributed by atoms with Crippen LogP contribution >= 0.6 is 24.0 Å². The summed E-state index contributed by atoms with van der Waals surface area (Å²) in [6, 6.07) is 10.2. The second-order valence-electron chi connectivity index (χ2n) is 5.99. The van der Waals surface area contributed by atoms with Crippen molar-refractivity contribution in [3.05, 3.63) is 42.1 Å². The van der Waals surface area contributed by atoms with E-state index in [1.807, 2.05) is 30.5 Å². The first kappa shape index (κ1) is 22.6. The quantitative estimate of drug-likeness (QED) is 0.255. The van der Waals surface area contributed by atoms with Crippen molar-refractivity contribution in [1.82, 2.24) is 20.5 Å². The number of pyridine rings is 1. The van der Waals surface area contributed by atoms with E-state index in [0.29, 0.717) is 6.54 Å². The summed E-state index contributed by atoms with van der Waals surface area (Å²) < 4.78 is 5.08. The summed E-state index contributed by atoms with van der Waals surface area (Å²) in [4.78, 5) is 11.0. The highest BCUT2D eigenvalue weighted by atomic mass is 127. The number of hydrogen-bond donors (Lipinski definition) is 2. The number of fused-ring (bicyclic) bond motifs is 1. The molecular weight excluding hydrogens is 441 g/mol. The molecule has 2 N–H and O–H groups in total. The number of aliphatic imine (C=N–C) groups is 1. The van der Waals surface area contributed by atoms with Crippen LogP contribution in [0.25, 0.3) is 10.9 Å². The van der Waals surface area contributed by atoms with E-state index in [1.54, 1.807) is 14.2 Å². The van der Waals surface area contributed by atoms with Crippen LogP contribution in [0, 0.1) is 0 Å². The fourth-order valence-corrected chi connectivity index (χ4v) is 2.66. The lowest BCUT2D eigenvalue weighted by Gasteiger charge is -2.18. The summed E-state index contributed by atoms with van der Waals surface area (Å²) >= 11 is 0. The Morgan fingerprint density at radius 2 is 2.00 bits per heavy atom. The number of benzene rings is 1. The number of aromatic nitrogens is 1. The van der Waals surface area contributed by atoms with E-state index in [-0.39, 0.29) is 24.0 Å². The normalized spacial score (nSPS) is 11.5. The zero-order chi connectivity index (χ0) is 17.9. The maximum atomic E-state index is 5.08. The van der Waals surface area contributed by atoms with Gasteiger partial charge in [-0.3, -0.25) is 9.98 Å². The Bertz CT molecular complexity index is 675. The number of ether oxygens (including phenoxy) is 1. The van der Waals surface area contributed by atoms with E-state index in [9.17, 15) is 0 Å². The molecule has 7 heteroatoms. The van der Waals surface area contributed by atoms with E-state index in [4.69, 9.17) is 4.74 Å². The summed E-state index contributed by atoms with van der Waals surface area (Å²) in [7, 11) is 5.65. The zero-order valence-electron chi connectivity index (χ0n) is 15.9. The van der Waals surface area contributed by atoms with Crippen LogP contribution in [0.5, 0.6) is 0 Å². The highest BCUT2D eigenvalue weighted by molar-refractivity contribution is 14.0. The molecule has 0 radical (unpaired) electrons. The largest absolute Gasteiger partial charge is 0.385 e. The average molecular weight is 471 g/mol. The van der Waals surface area contributed by atoms with Gasteiger partial charge in [-0.1, -0.05) is 18.2 Å². The molecule has 0 amide bonds. The molecule has 1 aromatic carbocycles. The molecule has 0 unspecified atom stereocenters. The van der Waals surface area contributed by atoms with Crippen molar-refractivity contribution in [2.24, 2.45) is 4.99 Å². The van der Waals surface area contributed by atoms with Crippen LogP contribution in [0.3, 0.4) is 0 Å². The maximum absolute atomic E-state index is 5.08. The Labute approximate surface area is 173 Å². The first-order chi connectivity index (χ1) is 12.2. The second-order valence-corrected chi connectivity index (χ2v) is 5.99. The number of nitrogens with zero attached hydrogens (tertiary/aromatic N) is 3. The maximum Gasteiger partial charge on any atom is 0.191 e. The first-order valence-electron chi connectivity index (χ1n) is 8.69. The molecule has 0 saturated carbocycles. The molecule has 0 bridgehead atoms. The minimum atomic E-state index is 0. The second kappa shape index (κ2) is 12.8. The van der Waals surface area contributed by atoms with Gasteiger partial charge in [-0.05, 0) is 31.2 Å². The Hall–Kier alpha value is -1.45. The van der Waals surface area contributed by atoms with Gasteiger partial charge >= 0.3 is 0 Å². The van der Waals surface area contributed by atoms with Crippen LogP contribution in [-0.4, -0.2) is 63.3 Å². The van der Waals surface area contributed by atoms with Gasteiger partial charge in [0.1, 0.15) is 0 Å². The van der Waals surface area contributed by atoms with Gasteiger partial charge in [-0.15, -0.1) is 24.0 Å². The molecule has 0 atom stereocenters. The fourth-order valence-electron chi connectivity index (χ4n) is 2.66. The van der Waals surface area contributed by atoms with Gasteiger partial charge in [-0.25, -0.2) is 0 Å². The Kier molecular flexibility index (Phi) is 11.1. The van der Waals surface area contributed by atoms with E-state index in [1.165, 1.54) is 10.9 Å². The van der Waals surface area contributed by atoms with Crippen LogP contribution in [0.1, 0.15) is 12.0 Å². The molecule has 0 saturated heterocycles. The first-order valence-corrected chi connectivity index (χ1v) is 8.69. The van der Waals surface area contributed by atoms with Crippen molar-refractivity contribution < 1.29 is 4.74 Å². The lowest BCUT2D eigenvalue weighted by molar-refractivity contribution is 0.180. The highest BCUT2D eigenvalue weighted by Crippen LogP contribution is 2.15. The predicted octanol–water partition coefficient (Wildman–Crippen LogP) is 2.49. The van der Waals surface area contributed by atoms with Gasteiger partial charge < -0.3 is 20.3 Å². The van der Waals surface area contributed by atoms with Crippen molar-refractivity contribution in [3.63, 3.8) is 0 Å². The number of rotatable bonds is 9. The molecule has 1 aromatic heterocycles. The van der Waals surface area contributed by atoms with Crippen LogP contribution in [0.15, 0.2) is 41.5 Å². The van der Waals surface area contributed by atoms with Crippen molar-refractivity contribution >= 4 is 40.8 Å². The van der Waals surface area contributed by atoms with Crippen LogP contribution in [0.2, 0.25) is 0 Å². The molecule has 0 spiro atoms. The Balaban J connectivity index is 0.00000338. The molecule has 2 aromatic rings. The highest BCUT2D eigenvalue weighted by Gasteiger charge is 2.04. The summed E-state index contributed by atoms with van der Waals surface area (Å²) in [5.41, 5.74) is 2.23. The van der Waals surface area contributed by atoms with Crippen LogP contribution in [0.4, 0.5) is 0 Å². The minimum Gasteiger partial charge on any atom is -0.385 e. The Morgan fingerprint density at radius 1 is 1.19 bits per heavy atom. The van der Waals surface area contributed by atoms with Gasteiger partial charge in [0.2, 0.25) is 0 Å². The third-order valence-electron chi connectivity index (χ3n) is 4.08. The van der Waals surface area contributed by atoms with Crippen molar-refractivity contribution in [2.75, 3.05) is 47.4 Å². The SMILES string of the molecule is CN=C(NCCN(C)CCCOC)NCc1ccnc2ccccc12.I. The third kappa shape index (κ3) is 7.43. The standard InChI is InChI=1S/C19H29N5O.HI/c1-20-19(22-11-13-24(2)12-6-14-25-3)23-15-16-9-10-21-18-8-5-4-7-17(16)18;/h4-5,7-10H,6,11-15H2,1-3H3,(H2,20,22,23);1H. The lowest BCUT2D eigenvalue weighted by atomic mass is 10.1. The number of halogens is 1. The van der Waals surface area contributed by atoms with Gasteiger partial charge in [0, 0.05) is 58.5 Å². The van der Waals surface area contributed by atoms with Gasteiger partial charge in [0.25, 0.3) is 0 Å². The van der Waals surface area contributed by atoms with Crippen molar-refractivity contribution in [3.8, 4) is 0 Å². The van der Waals surface area contributed by atoms with Crippen molar-refractivity contribution in [1.29, 1.82) is 0 Å². The number of nitrogens with one attached hydrogen (secondary N) is 2. The van der Waals surface area contributed by atoms with Gasteiger partial charge in [0.15, 0.2) is 5.96 Å². The minimum absolute atomic E-state index is 0. The number of para-hydroxylation sites is 1. The summed E-state index contributed by atoms with van der Waals surface area (Å²) in [6.45, 7) is 4.36. The van der Waals surface area contributed by atoms with E-state index in [2.05, 4.69) is 38.6 Å². The fraction of sp³-hybridized carbons (Fsp3) is 0.474. The average Bonchev–Trinajstić information content (AvgIpc) is 2.64.